The average Bonchev–Trinajstić information content (AvgIpc) is 2.80. The van der Waals surface area contributed by atoms with Crippen molar-refractivity contribution in [3.05, 3.63) is 64.7 Å². The molecule has 0 unspecified atom stereocenters. The van der Waals surface area contributed by atoms with Gasteiger partial charge in [0.25, 0.3) is 0 Å². The van der Waals surface area contributed by atoms with Gasteiger partial charge in [-0.2, -0.15) is 0 Å². The van der Waals surface area contributed by atoms with Crippen molar-refractivity contribution in [3.63, 3.8) is 0 Å². The summed E-state index contributed by atoms with van der Waals surface area (Å²) in [5.41, 5.74) is 1.86. The van der Waals surface area contributed by atoms with Gasteiger partial charge < -0.3 is 26.0 Å². The van der Waals surface area contributed by atoms with Crippen LogP contribution in [-0.4, -0.2) is 53.6 Å². The summed E-state index contributed by atoms with van der Waals surface area (Å²) in [4.78, 5) is 27.0. The fourth-order valence-electron chi connectivity index (χ4n) is 4.49. The van der Waals surface area contributed by atoms with Crippen LogP contribution < -0.4 is 16.0 Å². The summed E-state index contributed by atoms with van der Waals surface area (Å²) in [5.74, 6) is -0.849. The largest absolute Gasteiger partial charge is 0.395 e. The molecule has 176 valence electrons. The number of anilines is 1. The number of carbonyl (C=O) groups is 2. The first-order valence-electron chi connectivity index (χ1n) is 11.1. The van der Waals surface area contributed by atoms with Crippen LogP contribution in [0.5, 0.6) is 0 Å². The number of urea groups is 1. The maximum Gasteiger partial charge on any atom is 0.317 e. The van der Waals surface area contributed by atoms with Gasteiger partial charge in [-0.1, -0.05) is 6.07 Å². The number of fused-ring (bicyclic) bond motifs is 1. The van der Waals surface area contributed by atoms with Crippen LogP contribution in [-0.2, 0) is 13.1 Å². The van der Waals surface area contributed by atoms with Gasteiger partial charge in [0.05, 0.1) is 6.61 Å². The van der Waals surface area contributed by atoms with E-state index in [2.05, 4.69) is 16.0 Å². The van der Waals surface area contributed by atoms with Crippen molar-refractivity contribution in [1.29, 1.82) is 0 Å². The number of piperidine rings is 1. The van der Waals surface area contributed by atoms with Crippen LogP contribution in [0.3, 0.4) is 0 Å². The normalized spacial score (nSPS) is 16.9. The van der Waals surface area contributed by atoms with E-state index >= 15 is 0 Å². The summed E-state index contributed by atoms with van der Waals surface area (Å²) in [7, 11) is 0. The van der Waals surface area contributed by atoms with E-state index in [4.69, 9.17) is 5.11 Å². The number of aliphatic hydroxyl groups is 1. The van der Waals surface area contributed by atoms with Crippen molar-refractivity contribution >= 4 is 17.5 Å². The second-order valence-corrected chi connectivity index (χ2v) is 8.67. The minimum atomic E-state index is -0.430. The number of carbonyl (C=O) groups excluding carboxylic acids is 2. The first kappa shape index (κ1) is 23.1. The number of hydrogen-bond acceptors (Lipinski definition) is 5. The van der Waals surface area contributed by atoms with E-state index in [1.807, 2.05) is 0 Å². The van der Waals surface area contributed by atoms with Crippen molar-refractivity contribution in [3.8, 4) is 0 Å². The second-order valence-electron chi connectivity index (χ2n) is 8.67. The summed E-state index contributed by atoms with van der Waals surface area (Å²) in [5, 5.41) is 18.1. The SMILES string of the molecule is O=C1CC2(CCN(C(=O)NCc3ccc(F)c(CNCCO)c3)CC2)Nc2ccc(F)cc21. The first-order valence-corrected chi connectivity index (χ1v) is 11.1. The number of rotatable bonds is 6. The zero-order chi connectivity index (χ0) is 23.4. The van der Waals surface area contributed by atoms with Crippen LogP contribution in [0, 0.1) is 11.6 Å². The van der Waals surface area contributed by atoms with Crippen LogP contribution in [0.2, 0.25) is 0 Å². The Labute approximate surface area is 191 Å². The molecule has 0 radical (unpaired) electrons. The number of halogens is 2. The van der Waals surface area contributed by atoms with Gasteiger partial charge >= 0.3 is 6.03 Å². The zero-order valence-corrected chi connectivity index (χ0v) is 18.3. The zero-order valence-electron chi connectivity index (χ0n) is 18.3. The molecule has 4 N–H and O–H groups in total. The van der Waals surface area contributed by atoms with E-state index in [9.17, 15) is 18.4 Å². The molecule has 0 bridgehead atoms. The fourth-order valence-corrected chi connectivity index (χ4v) is 4.49. The standard InChI is InChI=1S/C24H28F2N4O3/c25-18-2-4-21-19(12-18)22(32)13-24(29-21)5-8-30(9-6-24)23(33)28-14-16-1-3-20(26)17(11-16)15-27-7-10-31/h1-4,11-12,27,29,31H,5-10,13-15H2,(H,28,33). The fraction of sp³-hybridized carbons (Fsp3) is 0.417. The smallest absolute Gasteiger partial charge is 0.317 e. The van der Waals surface area contributed by atoms with Gasteiger partial charge in [-0.05, 0) is 48.7 Å². The molecular weight excluding hydrogens is 430 g/mol. The van der Waals surface area contributed by atoms with Gasteiger partial charge in [0.1, 0.15) is 11.6 Å². The van der Waals surface area contributed by atoms with Crippen molar-refractivity contribution in [2.75, 3.05) is 31.6 Å². The molecule has 0 atom stereocenters. The highest BCUT2D eigenvalue weighted by Crippen LogP contribution is 2.37. The Hall–Kier alpha value is -3.04. The Kier molecular flexibility index (Phi) is 6.90. The lowest BCUT2D eigenvalue weighted by molar-refractivity contribution is 0.0915. The van der Waals surface area contributed by atoms with Gasteiger partial charge in [0.15, 0.2) is 5.78 Å². The van der Waals surface area contributed by atoms with E-state index in [0.29, 0.717) is 55.8 Å². The number of benzene rings is 2. The van der Waals surface area contributed by atoms with E-state index in [-0.39, 0.29) is 37.2 Å². The molecule has 4 rings (SSSR count). The van der Waals surface area contributed by atoms with Crippen molar-refractivity contribution in [2.45, 2.75) is 37.9 Å². The molecule has 0 saturated carbocycles. The summed E-state index contributed by atoms with van der Waals surface area (Å²) >= 11 is 0. The molecule has 2 amide bonds. The van der Waals surface area contributed by atoms with Gasteiger partial charge in [-0.3, -0.25) is 4.79 Å². The van der Waals surface area contributed by atoms with Crippen LogP contribution in [0.25, 0.3) is 0 Å². The second kappa shape index (κ2) is 9.84. The number of ketones is 1. The van der Waals surface area contributed by atoms with E-state index < -0.39 is 11.4 Å². The molecule has 9 heteroatoms. The van der Waals surface area contributed by atoms with Crippen molar-refractivity contribution in [1.82, 2.24) is 15.5 Å². The lowest BCUT2D eigenvalue weighted by Gasteiger charge is -2.45. The molecule has 2 heterocycles. The Bertz CT molecular complexity index is 1040. The van der Waals surface area contributed by atoms with Crippen LogP contribution in [0.15, 0.2) is 36.4 Å². The molecule has 2 aromatic rings. The Morgan fingerprint density at radius 1 is 1.12 bits per heavy atom. The third-order valence-corrected chi connectivity index (χ3v) is 6.35. The van der Waals surface area contributed by atoms with Crippen LogP contribution in [0.4, 0.5) is 19.3 Å². The van der Waals surface area contributed by atoms with E-state index in [1.165, 1.54) is 18.2 Å². The minimum absolute atomic E-state index is 0.0246. The first-order chi connectivity index (χ1) is 15.9. The molecule has 2 aromatic carbocycles. The highest BCUT2D eigenvalue weighted by atomic mass is 19.1. The predicted molar refractivity (Wildman–Crippen MR) is 120 cm³/mol. The molecule has 2 aliphatic rings. The predicted octanol–water partition coefficient (Wildman–Crippen LogP) is 2.79. The lowest BCUT2D eigenvalue weighted by Crippen LogP contribution is -2.55. The molecular formula is C24H28F2N4O3. The van der Waals surface area contributed by atoms with Crippen molar-refractivity contribution < 1.29 is 23.5 Å². The lowest BCUT2D eigenvalue weighted by atomic mass is 9.78. The molecule has 1 spiro atoms. The number of nitrogens with zero attached hydrogens (tertiary/aromatic N) is 1. The Morgan fingerprint density at radius 2 is 1.91 bits per heavy atom. The summed E-state index contributed by atoms with van der Waals surface area (Å²) in [6, 6.07) is 8.69. The van der Waals surface area contributed by atoms with Gasteiger partial charge in [0, 0.05) is 61.5 Å². The third kappa shape index (κ3) is 5.31. The molecule has 1 saturated heterocycles. The number of hydrogen-bond donors (Lipinski definition) is 4. The van der Waals surface area contributed by atoms with Crippen molar-refractivity contribution in [2.24, 2.45) is 0 Å². The topological polar surface area (TPSA) is 93.7 Å². The molecule has 0 aliphatic carbocycles. The van der Waals surface area contributed by atoms with E-state index in [1.54, 1.807) is 23.1 Å². The van der Waals surface area contributed by atoms with Gasteiger partial charge in [-0.15, -0.1) is 0 Å². The van der Waals surface area contributed by atoms with Crippen LogP contribution >= 0.6 is 0 Å². The number of likely N-dealkylation sites (tertiary alicyclic amines) is 1. The van der Waals surface area contributed by atoms with Crippen LogP contribution in [0.1, 0.15) is 40.7 Å². The average molecular weight is 459 g/mol. The third-order valence-electron chi connectivity index (χ3n) is 6.35. The molecule has 1 fully saturated rings. The number of Topliss-reactive ketones (excluding diaryl/α,β-unsaturated/α-hetero) is 1. The van der Waals surface area contributed by atoms with Gasteiger partial charge in [-0.25, -0.2) is 13.6 Å². The number of aliphatic hydroxyl groups excluding tert-OH is 1. The highest BCUT2D eigenvalue weighted by molar-refractivity contribution is 6.04. The summed E-state index contributed by atoms with van der Waals surface area (Å²) < 4.78 is 27.4. The minimum Gasteiger partial charge on any atom is -0.395 e. The Morgan fingerprint density at radius 3 is 2.67 bits per heavy atom. The Balaban J connectivity index is 1.31. The summed E-state index contributed by atoms with van der Waals surface area (Å²) in [6.45, 7) is 1.89. The van der Waals surface area contributed by atoms with E-state index in [0.717, 1.165) is 5.56 Å². The summed E-state index contributed by atoms with van der Waals surface area (Å²) in [6.07, 6.45) is 1.50. The number of amides is 2. The molecule has 33 heavy (non-hydrogen) atoms. The maximum atomic E-state index is 14.0. The molecule has 7 nitrogen and oxygen atoms in total. The number of nitrogens with one attached hydrogen (secondary N) is 3. The highest BCUT2D eigenvalue weighted by Gasteiger charge is 2.41. The van der Waals surface area contributed by atoms with Gasteiger partial charge in [0.2, 0.25) is 0 Å². The molecule has 0 aromatic heterocycles. The monoisotopic (exact) mass is 458 g/mol. The quantitative estimate of drug-likeness (QED) is 0.500. The molecule has 2 aliphatic heterocycles. The maximum absolute atomic E-state index is 14.0.